The maximum atomic E-state index is 13.3. The highest BCUT2D eigenvalue weighted by atomic mass is 16.5. The van der Waals surface area contributed by atoms with Gasteiger partial charge in [0.25, 0.3) is 0 Å². The van der Waals surface area contributed by atoms with Crippen molar-refractivity contribution in [1.29, 1.82) is 0 Å². The number of carbonyl (C=O) groups is 1. The van der Waals surface area contributed by atoms with Crippen LogP contribution < -0.4 is 5.43 Å². The van der Waals surface area contributed by atoms with Crippen molar-refractivity contribution in [1.82, 2.24) is 4.90 Å². The number of amides is 1. The van der Waals surface area contributed by atoms with Gasteiger partial charge in [0.2, 0.25) is 11.7 Å². The van der Waals surface area contributed by atoms with Crippen LogP contribution in [0.1, 0.15) is 23.5 Å². The Morgan fingerprint density at radius 1 is 0.892 bits per heavy atom. The summed E-state index contributed by atoms with van der Waals surface area (Å²) in [7, 11) is 0. The third kappa shape index (κ3) is 4.56. The third-order valence-electron chi connectivity index (χ3n) is 6.58. The number of rotatable bonds is 5. The Labute approximate surface area is 211 Å². The van der Waals surface area contributed by atoms with E-state index in [-0.39, 0.29) is 40.4 Å². The summed E-state index contributed by atoms with van der Waals surface area (Å²) < 4.78 is 11.4. The summed E-state index contributed by atoms with van der Waals surface area (Å²) in [5.41, 5.74) is 0.316. The summed E-state index contributed by atoms with van der Waals surface area (Å²) in [4.78, 5) is 28.1. The summed E-state index contributed by atoms with van der Waals surface area (Å²) >= 11 is 0. The molecule has 37 heavy (non-hydrogen) atoms. The highest BCUT2D eigenvalue weighted by molar-refractivity contribution is 5.94. The Balaban J connectivity index is 1.75. The highest BCUT2D eigenvalue weighted by Crippen LogP contribution is 2.49. The van der Waals surface area contributed by atoms with Crippen LogP contribution in [-0.2, 0) is 9.53 Å². The van der Waals surface area contributed by atoms with Crippen LogP contribution in [0.4, 0.5) is 0 Å². The Morgan fingerprint density at radius 3 is 2.24 bits per heavy atom. The van der Waals surface area contributed by atoms with E-state index in [9.17, 15) is 30.0 Å². The zero-order valence-electron chi connectivity index (χ0n) is 19.8. The molecule has 1 aromatic heterocycles. The first-order chi connectivity index (χ1) is 17.8. The van der Waals surface area contributed by atoms with Gasteiger partial charge in [-0.3, -0.25) is 9.59 Å². The second-order valence-corrected chi connectivity index (χ2v) is 8.85. The minimum Gasteiger partial charge on any atom is -0.508 e. The highest BCUT2D eigenvalue weighted by Gasteiger charge is 2.32. The predicted molar refractivity (Wildman–Crippen MR) is 135 cm³/mol. The molecule has 9 heteroatoms. The molecule has 4 aromatic rings. The van der Waals surface area contributed by atoms with E-state index < -0.39 is 28.6 Å². The summed E-state index contributed by atoms with van der Waals surface area (Å²) in [6.45, 7) is 1.61. The first-order valence-electron chi connectivity index (χ1n) is 11.8. The standard InChI is InChI=1S/C28H25NO8/c30-18-8-6-16(7-9-18)19(14-22(32)29-10-12-36-13-11-29)23-25(33)27(35)26(34)24-20(31)15-21(37-28(23)24)17-4-2-1-3-5-17/h1-9,15,19,30,33-35H,10-14H2/t19-/m0/s1. The van der Waals surface area contributed by atoms with Gasteiger partial charge in [0.1, 0.15) is 22.5 Å². The average Bonchev–Trinajstić information content (AvgIpc) is 2.92. The van der Waals surface area contributed by atoms with Crippen molar-refractivity contribution in [2.45, 2.75) is 12.3 Å². The van der Waals surface area contributed by atoms with E-state index in [1.54, 1.807) is 41.3 Å². The van der Waals surface area contributed by atoms with Crippen molar-refractivity contribution < 1.29 is 34.4 Å². The van der Waals surface area contributed by atoms with Crippen molar-refractivity contribution in [2.75, 3.05) is 26.3 Å². The Morgan fingerprint density at radius 2 is 1.57 bits per heavy atom. The molecule has 0 saturated carbocycles. The summed E-state index contributed by atoms with van der Waals surface area (Å²) in [6, 6.07) is 16.1. The second-order valence-electron chi connectivity index (χ2n) is 8.85. The summed E-state index contributed by atoms with van der Waals surface area (Å²) in [5.74, 6) is -3.33. The van der Waals surface area contributed by atoms with Crippen LogP contribution in [-0.4, -0.2) is 57.5 Å². The summed E-state index contributed by atoms with van der Waals surface area (Å²) in [5, 5.41) is 41.8. The number of phenolic OH excluding ortho intramolecular Hbond substituents is 4. The molecule has 0 radical (unpaired) electrons. The van der Waals surface area contributed by atoms with Gasteiger partial charge in [-0.05, 0) is 17.7 Å². The normalized spacial score (nSPS) is 14.5. The van der Waals surface area contributed by atoms with E-state index in [1.165, 1.54) is 18.2 Å². The van der Waals surface area contributed by atoms with E-state index in [4.69, 9.17) is 9.15 Å². The van der Waals surface area contributed by atoms with E-state index in [2.05, 4.69) is 0 Å². The zero-order chi connectivity index (χ0) is 26.1. The van der Waals surface area contributed by atoms with Crippen molar-refractivity contribution in [3.8, 4) is 34.3 Å². The van der Waals surface area contributed by atoms with Gasteiger partial charge in [0, 0.05) is 42.6 Å². The fourth-order valence-electron chi connectivity index (χ4n) is 4.65. The fourth-order valence-corrected chi connectivity index (χ4v) is 4.65. The molecule has 9 nitrogen and oxygen atoms in total. The smallest absolute Gasteiger partial charge is 0.223 e. The molecule has 1 aliphatic heterocycles. The lowest BCUT2D eigenvalue weighted by atomic mass is 9.85. The molecule has 5 rings (SSSR count). The molecule has 1 aliphatic rings. The molecular formula is C28H25NO8. The number of ether oxygens (including phenoxy) is 1. The molecule has 1 saturated heterocycles. The van der Waals surface area contributed by atoms with E-state index in [0.29, 0.717) is 37.4 Å². The quantitative estimate of drug-likeness (QED) is 0.303. The average molecular weight is 504 g/mol. The van der Waals surface area contributed by atoms with Crippen molar-refractivity contribution in [2.24, 2.45) is 0 Å². The lowest BCUT2D eigenvalue weighted by Gasteiger charge is -2.29. The van der Waals surface area contributed by atoms with Gasteiger partial charge >= 0.3 is 0 Å². The minimum atomic E-state index is -0.890. The van der Waals surface area contributed by atoms with Gasteiger partial charge in [0.05, 0.1) is 13.2 Å². The molecule has 4 N–H and O–H groups in total. The van der Waals surface area contributed by atoms with Crippen molar-refractivity contribution >= 4 is 16.9 Å². The van der Waals surface area contributed by atoms with Crippen LogP contribution in [0.25, 0.3) is 22.3 Å². The van der Waals surface area contributed by atoms with Gasteiger partial charge in [-0.25, -0.2) is 0 Å². The van der Waals surface area contributed by atoms with Crippen LogP contribution in [0.5, 0.6) is 23.0 Å². The van der Waals surface area contributed by atoms with Gasteiger partial charge < -0.3 is 34.5 Å². The Kier molecular flexibility index (Phi) is 6.45. The van der Waals surface area contributed by atoms with Gasteiger partial charge in [-0.2, -0.15) is 0 Å². The zero-order valence-corrected chi connectivity index (χ0v) is 19.8. The van der Waals surface area contributed by atoms with Crippen molar-refractivity contribution in [3.05, 3.63) is 82.0 Å². The van der Waals surface area contributed by atoms with Crippen LogP contribution in [0, 0.1) is 0 Å². The predicted octanol–water partition coefficient (Wildman–Crippen LogP) is 3.66. The molecule has 1 amide bonds. The first kappa shape index (κ1) is 24.2. The maximum Gasteiger partial charge on any atom is 0.223 e. The third-order valence-corrected chi connectivity index (χ3v) is 6.58. The lowest BCUT2D eigenvalue weighted by Crippen LogP contribution is -2.41. The van der Waals surface area contributed by atoms with Crippen molar-refractivity contribution in [3.63, 3.8) is 0 Å². The lowest BCUT2D eigenvalue weighted by molar-refractivity contribution is -0.135. The molecule has 0 bridgehead atoms. The minimum absolute atomic E-state index is 0.00235. The number of fused-ring (bicyclic) bond motifs is 1. The second kappa shape index (κ2) is 9.87. The van der Waals surface area contributed by atoms with E-state index >= 15 is 0 Å². The first-order valence-corrected chi connectivity index (χ1v) is 11.8. The molecule has 0 aliphatic carbocycles. The monoisotopic (exact) mass is 503 g/mol. The number of nitrogens with zero attached hydrogens (tertiary/aromatic N) is 1. The van der Waals surface area contributed by atoms with Crippen LogP contribution in [0.2, 0.25) is 0 Å². The number of aromatic hydroxyl groups is 4. The molecule has 2 heterocycles. The van der Waals surface area contributed by atoms with Crippen LogP contribution >= 0.6 is 0 Å². The number of benzene rings is 3. The van der Waals surface area contributed by atoms with Gasteiger partial charge in [-0.15, -0.1) is 0 Å². The van der Waals surface area contributed by atoms with Gasteiger partial charge in [0.15, 0.2) is 16.9 Å². The number of hydrogen-bond donors (Lipinski definition) is 4. The number of morpholine rings is 1. The molecule has 1 atom stereocenters. The maximum absolute atomic E-state index is 13.3. The largest absolute Gasteiger partial charge is 0.508 e. The number of phenols is 4. The molecule has 190 valence electrons. The summed E-state index contributed by atoms with van der Waals surface area (Å²) in [6.07, 6.45) is -0.142. The fraction of sp³-hybridized carbons (Fsp3) is 0.214. The van der Waals surface area contributed by atoms with Crippen LogP contribution in [0.15, 0.2) is 69.9 Å². The molecule has 1 fully saturated rings. The molecular weight excluding hydrogens is 478 g/mol. The SMILES string of the molecule is O=C(C[C@@H](c1ccc(O)cc1)c1c(O)c(O)c(O)c2c(=O)cc(-c3ccccc3)oc12)N1CCOCC1. The molecule has 0 unspecified atom stereocenters. The van der Waals surface area contributed by atoms with E-state index in [0.717, 1.165) is 0 Å². The van der Waals surface area contributed by atoms with Crippen LogP contribution in [0.3, 0.4) is 0 Å². The Hall–Kier alpha value is -4.50. The van der Waals surface area contributed by atoms with Gasteiger partial charge in [-0.1, -0.05) is 42.5 Å². The molecule has 3 aromatic carbocycles. The number of carbonyl (C=O) groups excluding carboxylic acids is 1. The topological polar surface area (TPSA) is 141 Å². The number of hydrogen-bond acceptors (Lipinski definition) is 8. The Bertz CT molecular complexity index is 1510. The van der Waals surface area contributed by atoms with E-state index in [1.807, 2.05) is 6.07 Å². The molecule has 0 spiro atoms.